The minimum atomic E-state index is -0.0451. The number of furan rings is 1. The van der Waals surface area contributed by atoms with Gasteiger partial charge in [0, 0.05) is 4.90 Å². The maximum Gasteiger partial charge on any atom is 0.230 e. The number of hydrogen-bond acceptors (Lipinski definition) is 3. The zero-order chi connectivity index (χ0) is 12.8. The Bertz CT molecular complexity index is 513. The van der Waals surface area contributed by atoms with E-state index in [4.69, 9.17) is 16.0 Å². The third-order valence-electron chi connectivity index (χ3n) is 2.24. The van der Waals surface area contributed by atoms with Crippen molar-refractivity contribution in [2.75, 3.05) is 5.75 Å². The van der Waals surface area contributed by atoms with Crippen LogP contribution < -0.4 is 5.32 Å². The first kappa shape index (κ1) is 13.1. The van der Waals surface area contributed by atoms with Gasteiger partial charge in [0.25, 0.3) is 0 Å². The fourth-order valence-electron chi connectivity index (χ4n) is 1.35. The molecule has 2 aromatic rings. The third-order valence-corrected chi connectivity index (χ3v) is 3.75. The lowest BCUT2D eigenvalue weighted by molar-refractivity contribution is -0.118. The Kier molecular flexibility index (Phi) is 4.73. The van der Waals surface area contributed by atoms with E-state index >= 15 is 0 Å². The first-order valence-corrected chi connectivity index (χ1v) is 6.78. The van der Waals surface area contributed by atoms with Gasteiger partial charge in [0.15, 0.2) is 0 Å². The fourth-order valence-corrected chi connectivity index (χ4v) is 2.42. The van der Waals surface area contributed by atoms with Crippen LogP contribution in [0, 0.1) is 0 Å². The zero-order valence-electron chi connectivity index (χ0n) is 9.56. The molecule has 1 N–H and O–H groups in total. The van der Waals surface area contributed by atoms with Crippen LogP contribution in [0.1, 0.15) is 5.76 Å². The third kappa shape index (κ3) is 3.82. The number of rotatable bonds is 5. The average molecular weight is 282 g/mol. The van der Waals surface area contributed by atoms with Gasteiger partial charge >= 0.3 is 0 Å². The van der Waals surface area contributed by atoms with Gasteiger partial charge < -0.3 is 9.73 Å². The van der Waals surface area contributed by atoms with Crippen molar-refractivity contribution in [2.24, 2.45) is 0 Å². The highest BCUT2D eigenvalue weighted by Gasteiger charge is 2.05. The molecule has 2 rings (SSSR count). The summed E-state index contributed by atoms with van der Waals surface area (Å²) in [5, 5.41) is 3.45. The number of carbonyl (C=O) groups excluding carboxylic acids is 1. The van der Waals surface area contributed by atoms with Crippen molar-refractivity contribution in [1.29, 1.82) is 0 Å². The standard InChI is InChI=1S/C13H12ClNO2S/c14-11-5-1-2-6-12(11)18-9-13(16)15-8-10-4-3-7-17-10/h1-7H,8-9H2,(H,15,16). The molecule has 1 heterocycles. The average Bonchev–Trinajstić information content (AvgIpc) is 2.88. The van der Waals surface area contributed by atoms with Crippen LogP contribution in [0.2, 0.25) is 5.02 Å². The van der Waals surface area contributed by atoms with Gasteiger partial charge in [0.05, 0.1) is 23.6 Å². The van der Waals surface area contributed by atoms with E-state index in [0.29, 0.717) is 17.3 Å². The number of benzene rings is 1. The molecule has 3 nitrogen and oxygen atoms in total. The molecule has 94 valence electrons. The smallest absolute Gasteiger partial charge is 0.230 e. The second-order valence-corrected chi connectivity index (χ2v) is 5.00. The van der Waals surface area contributed by atoms with E-state index in [9.17, 15) is 4.79 Å². The fraction of sp³-hybridized carbons (Fsp3) is 0.154. The van der Waals surface area contributed by atoms with E-state index in [1.807, 2.05) is 30.3 Å². The van der Waals surface area contributed by atoms with E-state index in [-0.39, 0.29) is 5.91 Å². The molecule has 0 aliphatic heterocycles. The van der Waals surface area contributed by atoms with Crippen LogP contribution in [0.25, 0.3) is 0 Å². The Morgan fingerprint density at radius 3 is 2.83 bits per heavy atom. The Morgan fingerprint density at radius 1 is 1.28 bits per heavy atom. The van der Waals surface area contributed by atoms with E-state index in [2.05, 4.69) is 5.32 Å². The van der Waals surface area contributed by atoms with Crippen LogP contribution >= 0.6 is 23.4 Å². The number of halogens is 1. The molecule has 0 saturated carbocycles. The molecule has 0 unspecified atom stereocenters. The van der Waals surface area contributed by atoms with Gasteiger partial charge in [-0.3, -0.25) is 4.79 Å². The van der Waals surface area contributed by atoms with Crippen LogP contribution in [0.3, 0.4) is 0 Å². The van der Waals surface area contributed by atoms with E-state index in [0.717, 1.165) is 10.7 Å². The predicted octanol–water partition coefficient (Wildman–Crippen LogP) is 3.34. The lowest BCUT2D eigenvalue weighted by Crippen LogP contribution is -2.24. The predicted molar refractivity (Wildman–Crippen MR) is 72.7 cm³/mol. The first-order chi connectivity index (χ1) is 8.75. The highest BCUT2D eigenvalue weighted by atomic mass is 35.5. The highest BCUT2D eigenvalue weighted by molar-refractivity contribution is 8.00. The van der Waals surface area contributed by atoms with Crippen LogP contribution in [0.4, 0.5) is 0 Å². The molecule has 0 aliphatic rings. The van der Waals surface area contributed by atoms with Gasteiger partial charge in [0.1, 0.15) is 5.76 Å². The van der Waals surface area contributed by atoms with Gasteiger partial charge in [-0.2, -0.15) is 0 Å². The molecule has 0 saturated heterocycles. The summed E-state index contributed by atoms with van der Waals surface area (Å²) in [5.41, 5.74) is 0. The number of thioether (sulfide) groups is 1. The van der Waals surface area contributed by atoms with Crippen LogP contribution in [-0.2, 0) is 11.3 Å². The number of hydrogen-bond donors (Lipinski definition) is 1. The Balaban J connectivity index is 1.77. The SMILES string of the molecule is O=C(CSc1ccccc1Cl)NCc1ccco1. The summed E-state index contributed by atoms with van der Waals surface area (Å²) in [6, 6.07) is 11.1. The highest BCUT2D eigenvalue weighted by Crippen LogP contribution is 2.26. The summed E-state index contributed by atoms with van der Waals surface area (Å²) in [5.74, 6) is 1.03. The molecule has 0 aliphatic carbocycles. The van der Waals surface area contributed by atoms with Crippen LogP contribution in [0.15, 0.2) is 52.0 Å². The summed E-state index contributed by atoms with van der Waals surface area (Å²) in [6.07, 6.45) is 1.58. The van der Waals surface area contributed by atoms with E-state index in [1.54, 1.807) is 12.3 Å². The monoisotopic (exact) mass is 281 g/mol. The summed E-state index contributed by atoms with van der Waals surface area (Å²) >= 11 is 7.42. The van der Waals surface area contributed by atoms with Gasteiger partial charge in [-0.25, -0.2) is 0 Å². The number of carbonyl (C=O) groups is 1. The maximum atomic E-state index is 11.6. The second kappa shape index (κ2) is 6.52. The van der Waals surface area contributed by atoms with Crippen molar-refractivity contribution in [2.45, 2.75) is 11.4 Å². The molecule has 1 aromatic carbocycles. The van der Waals surface area contributed by atoms with Crippen molar-refractivity contribution in [3.8, 4) is 0 Å². The van der Waals surface area contributed by atoms with Crippen molar-refractivity contribution in [3.05, 3.63) is 53.4 Å². The quantitative estimate of drug-likeness (QED) is 0.855. The summed E-state index contributed by atoms with van der Waals surface area (Å²) in [4.78, 5) is 12.5. The Hall–Kier alpha value is -1.39. The van der Waals surface area contributed by atoms with Gasteiger partial charge in [0.2, 0.25) is 5.91 Å². The van der Waals surface area contributed by atoms with Crippen molar-refractivity contribution >= 4 is 29.3 Å². The summed E-state index contributed by atoms with van der Waals surface area (Å²) < 4.78 is 5.12. The molecule has 5 heteroatoms. The minimum absolute atomic E-state index is 0.0451. The van der Waals surface area contributed by atoms with E-state index < -0.39 is 0 Å². The molecule has 0 radical (unpaired) electrons. The molecule has 0 spiro atoms. The Morgan fingerprint density at radius 2 is 2.11 bits per heavy atom. The zero-order valence-corrected chi connectivity index (χ0v) is 11.1. The first-order valence-electron chi connectivity index (χ1n) is 5.42. The van der Waals surface area contributed by atoms with Crippen LogP contribution in [0.5, 0.6) is 0 Å². The minimum Gasteiger partial charge on any atom is -0.467 e. The molecular formula is C13H12ClNO2S. The molecule has 0 fully saturated rings. The van der Waals surface area contributed by atoms with Crippen LogP contribution in [-0.4, -0.2) is 11.7 Å². The maximum absolute atomic E-state index is 11.6. The van der Waals surface area contributed by atoms with E-state index in [1.165, 1.54) is 11.8 Å². The summed E-state index contributed by atoms with van der Waals surface area (Å²) in [7, 11) is 0. The molecular weight excluding hydrogens is 270 g/mol. The van der Waals surface area contributed by atoms with Gasteiger partial charge in [-0.05, 0) is 24.3 Å². The lowest BCUT2D eigenvalue weighted by Gasteiger charge is -2.04. The molecule has 1 amide bonds. The molecule has 0 atom stereocenters. The van der Waals surface area contributed by atoms with Crippen molar-refractivity contribution in [3.63, 3.8) is 0 Å². The largest absolute Gasteiger partial charge is 0.467 e. The number of amides is 1. The normalized spacial score (nSPS) is 10.3. The number of nitrogens with one attached hydrogen (secondary N) is 1. The Labute approximate surface area is 115 Å². The molecule has 18 heavy (non-hydrogen) atoms. The van der Waals surface area contributed by atoms with Gasteiger partial charge in [-0.15, -0.1) is 11.8 Å². The topological polar surface area (TPSA) is 42.2 Å². The lowest BCUT2D eigenvalue weighted by atomic mass is 10.4. The molecule has 0 bridgehead atoms. The van der Waals surface area contributed by atoms with Crippen molar-refractivity contribution in [1.82, 2.24) is 5.32 Å². The van der Waals surface area contributed by atoms with Gasteiger partial charge in [-0.1, -0.05) is 23.7 Å². The second-order valence-electron chi connectivity index (χ2n) is 3.58. The summed E-state index contributed by atoms with van der Waals surface area (Å²) in [6.45, 7) is 0.412. The molecule has 1 aromatic heterocycles. The van der Waals surface area contributed by atoms with Crippen molar-refractivity contribution < 1.29 is 9.21 Å².